The number of benzene rings is 2. The molecule has 0 aliphatic heterocycles. The van der Waals surface area contributed by atoms with Gasteiger partial charge in [-0.3, -0.25) is 4.79 Å². The third kappa shape index (κ3) is 1.69. The van der Waals surface area contributed by atoms with Gasteiger partial charge in [0.25, 0.3) is 0 Å². The highest BCUT2D eigenvalue weighted by atomic mass is 35.5. The molecule has 2 aromatic rings. The predicted octanol–water partition coefficient (Wildman–Crippen LogP) is 4.52. The Morgan fingerprint density at radius 1 is 1.05 bits per heavy atom. The summed E-state index contributed by atoms with van der Waals surface area (Å²) in [5, 5.41) is 9.91. The van der Waals surface area contributed by atoms with E-state index in [4.69, 9.17) is 11.6 Å². The largest absolute Gasteiger partial charge is 0.294 e. The Balaban J connectivity index is 1.58. The van der Waals surface area contributed by atoms with Crippen LogP contribution in [-0.4, -0.2) is 5.78 Å². The van der Waals surface area contributed by atoms with Crippen LogP contribution in [0.15, 0.2) is 48.5 Å². The highest BCUT2D eigenvalue weighted by Gasteiger charge is 2.71. The van der Waals surface area contributed by atoms with Crippen molar-refractivity contribution in [2.45, 2.75) is 24.7 Å². The molecule has 0 amide bonds. The molecule has 5 rings (SSSR count). The van der Waals surface area contributed by atoms with Crippen LogP contribution in [0.25, 0.3) is 0 Å². The van der Waals surface area contributed by atoms with Gasteiger partial charge in [-0.1, -0.05) is 29.8 Å². The molecule has 3 fully saturated rings. The summed E-state index contributed by atoms with van der Waals surface area (Å²) in [4.78, 5) is 12.7. The van der Waals surface area contributed by atoms with Crippen LogP contribution in [0.2, 0.25) is 5.02 Å². The van der Waals surface area contributed by atoms with E-state index in [9.17, 15) is 10.1 Å². The van der Waals surface area contributed by atoms with Gasteiger partial charge >= 0.3 is 0 Å². The summed E-state index contributed by atoms with van der Waals surface area (Å²) in [7, 11) is 0. The molecule has 0 unspecified atom stereocenters. The van der Waals surface area contributed by atoms with Crippen LogP contribution in [0.5, 0.6) is 0 Å². The topological polar surface area (TPSA) is 40.9 Å². The Labute approximate surface area is 134 Å². The average molecular weight is 308 g/mol. The van der Waals surface area contributed by atoms with Crippen molar-refractivity contribution >= 4 is 17.4 Å². The van der Waals surface area contributed by atoms with Gasteiger partial charge in [0.2, 0.25) is 0 Å². The first-order valence-electron chi connectivity index (χ1n) is 7.39. The van der Waals surface area contributed by atoms with E-state index in [0.29, 0.717) is 5.02 Å². The van der Waals surface area contributed by atoms with Crippen LogP contribution in [0.3, 0.4) is 0 Å². The van der Waals surface area contributed by atoms with Crippen molar-refractivity contribution in [3.63, 3.8) is 0 Å². The second kappa shape index (κ2) is 4.44. The number of rotatable bonds is 3. The normalized spacial score (nSPS) is 28.2. The molecule has 3 saturated carbocycles. The molecule has 2 bridgehead atoms. The summed E-state index contributed by atoms with van der Waals surface area (Å²) in [5.41, 5.74) is 2.44. The molecule has 0 aromatic heterocycles. The Morgan fingerprint density at radius 2 is 1.68 bits per heavy atom. The number of hydrogen-bond donors (Lipinski definition) is 0. The van der Waals surface area contributed by atoms with E-state index in [1.807, 2.05) is 24.3 Å². The number of carbonyl (C=O) groups excluding carboxylic acids is 1. The summed E-state index contributed by atoms with van der Waals surface area (Å²) < 4.78 is 0. The van der Waals surface area contributed by atoms with Gasteiger partial charge in [0.15, 0.2) is 5.78 Å². The zero-order chi connectivity index (χ0) is 15.4. The number of ketones is 1. The quantitative estimate of drug-likeness (QED) is 0.782. The van der Waals surface area contributed by atoms with Crippen molar-refractivity contribution in [2.24, 2.45) is 5.41 Å². The van der Waals surface area contributed by atoms with Crippen molar-refractivity contribution in [2.75, 3.05) is 0 Å². The van der Waals surface area contributed by atoms with Crippen LogP contribution in [-0.2, 0) is 5.41 Å². The van der Waals surface area contributed by atoms with Gasteiger partial charge in [0.05, 0.1) is 11.6 Å². The molecule has 2 aromatic carbocycles. The predicted molar refractivity (Wildman–Crippen MR) is 84.9 cm³/mol. The van der Waals surface area contributed by atoms with Gasteiger partial charge in [0, 0.05) is 16.0 Å². The number of nitrogens with zero attached hydrogens (tertiary/aromatic N) is 1. The summed E-state index contributed by atoms with van der Waals surface area (Å²) in [6.45, 7) is 0. The molecule has 0 N–H and O–H groups in total. The molecule has 2 nitrogen and oxygen atoms in total. The third-order valence-corrected chi connectivity index (χ3v) is 5.49. The summed E-state index contributed by atoms with van der Waals surface area (Å²) in [5.74, 6) is 0.223. The molecule has 0 spiro atoms. The molecule has 108 valence electrons. The number of halogens is 1. The SMILES string of the molecule is N#Cc1ccccc1C12CC(C(=O)c3ccc(Cl)cc3)(C1)C2. The Bertz CT molecular complexity index is 796. The molecule has 0 radical (unpaired) electrons. The van der Waals surface area contributed by atoms with Crippen LogP contribution in [0.1, 0.15) is 40.7 Å². The van der Waals surface area contributed by atoms with Crippen molar-refractivity contribution in [1.29, 1.82) is 5.26 Å². The maximum absolute atomic E-state index is 12.7. The Hall–Kier alpha value is -2.11. The van der Waals surface area contributed by atoms with Gasteiger partial charge in [-0.05, 0) is 60.6 Å². The average Bonchev–Trinajstić information content (AvgIpc) is 2.45. The van der Waals surface area contributed by atoms with E-state index in [1.54, 1.807) is 24.3 Å². The van der Waals surface area contributed by atoms with E-state index in [2.05, 4.69) is 6.07 Å². The smallest absolute Gasteiger partial charge is 0.169 e. The highest BCUT2D eigenvalue weighted by Crippen LogP contribution is 2.74. The minimum Gasteiger partial charge on any atom is -0.294 e. The Morgan fingerprint density at radius 3 is 2.32 bits per heavy atom. The van der Waals surface area contributed by atoms with E-state index in [0.717, 1.165) is 36.0 Å². The summed E-state index contributed by atoms with van der Waals surface area (Å²) >= 11 is 5.88. The fourth-order valence-electron chi connectivity index (χ4n) is 4.26. The lowest BCUT2D eigenvalue weighted by atomic mass is 9.32. The maximum Gasteiger partial charge on any atom is 0.169 e. The highest BCUT2D eigenvalue weighted by molar-refractivity contribution is 6.30. The van der Waals surface area contributed by atoms with E-state index >= 15 is 0 Å². The molecule has 3 heteroatoms. The van der Waals surface area contributed by atoms with Gasteiger partial charge < -0.3 is 0 Å². The molecule has 0 heterocycles. The van der Waals surface area contributed by atoms with Gasteiger partial charge in [-0.2, -0.15) is 5.26 Å². The molecular weight excluding hydrogens is 294 g/mol. The first-order chi connectivity index (χ1) is 10.6. The van der Waals surface area contributed by atoms with Crippen LogP contribution in [0.4, 0.5) is 0 Å². The number of nitriles is 1. The summed E-state index contributed by atoms with van der Waals surface area (Å²) in [6.07, 6.45) is 2.58. The van der Waals surface area contributed by atoms with Gasteiger partial charge in [-0.25, -0.2) is 0 Å². The van der Waals surface area contributed by atoms with E-state index in [1.165, 1.54) is 0 Å². The minimum absolute atomic E-state index is 0.0500. The first kappa shape index (κ1) is 13.5. The van der Waals surface area contributed by atoms with Crippen molar-refractivity contribution in [3.05, 3.63) is 70.2 Å². The molecular formula is C19H14ClNO. The zero-order valence-corrected chi connectivity index (χ0v) is 12.7. The van der Waals surface area contributed by atoms with Crippen molar-refractivity contribution < 1.29 is 4.79 Å². The summed E-state index contributed by atoms with van der Waals surface area (Å²) in [6, 6.07) is 17.2. The number of hydrogen-bond acceptors (Lipinski definition) is 2. The lowest BCUT2D eigenvalue weighted by Gasteiger charge is -2.70. The van der Waals surface area contributed by atoms with Crippen LogP contribution >= 0.6 is 11.6 Å². The molecule has 3 aliphatic rings. The lowest BCUT2D eigenvalue weighted by Crippen LogP contribution is -2.68. The second-order valence-corrected chi connectivity index (χ2v) is 7.02. The molecule has 22 heavy (non-hydrogen) atoms. The molecule has 3 aliphatic carbocycles. The fraction of sp³-hybridized carbons (Fsp3) is 0.263. The minimum atomic E-state index is -0.212. The molecule has 0 saturated heterocycles. The van der Waals surface area contributed by atoms with E-state index in [-0.39, 0.29) is 16.6 Å². The van der Waals surface area contributed by atoms with E-state index < -0.39 is 0 Å². The Kier molecular flexibility index (Phi) is 2.74. The van der Waals surface area contributed by atoms with Crippen molar-refractivity contribution in [3.8, 4) is 6.07 Å². The number of Topliss-reactive ketones (excluding diaryl/α,β-unsaturated/α-hetero) is 1. The third-order valence-electron chi connectivity index (χ3n) is 5.24. The lowest BCUT2D eigenvalue weighted by molar-refractivity contribution is -0.105. The van der Waals surface area contributed by atoms with Crippen LogP contribution in [0, 0.1) is 16.7 Å². The van der Waals surface area contributed by atoms with Gasteiger partial charge in [-0.15, -0.1) is 0 Å². The van der Waals surface area contributed by atoms with Crippen molar-refractivity contribution in [1.82, 2.24) is 0 Å². The molecule has 0 atom stereocenters. The maximum atomic E-state index is 12.7. The standard InChI is InChI=1S/C19H14ClNO/c20-15-7-5-13(6-8-15)17(22)19-10-18(11-19,12-19)16-4-2-1-3-14(16)9-21/h1-8H,10-12H2. The fourth-order valence-corrected chi connectivity index (χ4v) is 4.39. The van der Waals surface area contributed by atoms with Crippen LogP contribution < -0.4 is 0 Å². The second-order valence-electron chi connectivity index (χ2n) is 6.58. The first-order valence-corrected chi connectivity index (χ1v) is 7.76. The zero-order valence-electron chi connectivity index (χ0n) is 12.0. The monoisotopic (exact) mass is 307 g/mol. The number of carbonyl (C=O) groups is 1. The van der Waals surface area contributed by atoms with Gasteiger partial charge in [0.1, 0.15) is 0 Å².